The van der Waals surface area contributed by atoms with Crippen LogP contribution in [-0.2, 0) is 10.8 Å². The molecule has 6 rings (SSSR count). The van der Waals surface area contributed by atoms with Gasteiger partial charge in [-0.15, -0.1) is 0 Å². The lowest BCUT2D eigenvalue weighted by atomic mass is 9.76. The molecule has 206 valence electrons. The molecule has 0 heterocycles. The molecule has 0 aliphatic heterocycles. The second-order valence-electron chi connectivity index (χ2n) is 13.3. The SMILES string of the molecule is CC(C)(C)c1ccc2c(c1)C=c1c-2cc(=C(c2cccc(Cl)c2)c2cccc(Cl)c2)c(C(C)(C)C)c1C1=CC=CC1. The summed E-state index contributed by atoms with van der Waals surface area (Å²) in [7, 11) is 0. The monoisotopic (exact) mass is 574 g/mol. The van der Waals surface area contributed by atoms with Crippen molar-refractivity contribution in [3.8, 4) is 11.1 Å². The van der Waals surface area contributed by atoms with Gasteiger partial charge in [0.05, 0.1) is 0 Å². The van der Waals surface area contributed by atoms with Crippen molar-refractivity contribution in [2.75, 3.05) is 0 Å². The molecule has 0 saturated carbocycles. The average Bonchev–Trinajstić information content (AvgIpc) is 3.55. The Hall–Kier alpha value is -3.32. The van der Waals surface area contributed by atoms with E-state index in [4.69, 9.17) is 23.2 Å². The highest BCUT2D eigenvalue weighted by atomic mass is 35.5. The smallest absolute Gasteiger partial charge is 0.0412 e. The van der Waals surface area contributed by atoms with Crippen molar-refractivity contribution in [3.63, 3.8) is 0 Å². The van der Waals surface area contributed by atoms with Gasteiger partial charge in [0.15, 0.2) is 0 Å². The molecule has 0 nitrogen and oxygen atoms in total. The van der Waals surface area contributed by atoms with Crippen LogP contribution in [0, 0.1) is 0 Å². The third-order valence-corrected chi connectivity index (χ3v) is 8.68. The maximum absolute atomic E-state index is 6.61. The molecule has 0 N–H and O–H groups in total. The normalized spacial score (nSPS) is 14.0. The van der Waals surface area contributed by atoms with Gasteiger partial charge in [-0.3, -0.25) is 0 Å². The Morgan fingerprint density at radius 1 is 0.707 bits per heavy atom. The first-order valence-electron chi connectivity index (χ1n) is 14.4. The molecule has 0 saturated heterocycles. The number of hydrogen-bond acceptors (Lipinski definition) is 0. The van der Waals surface area contributed by atoms with E-state index in [0.717, 1.165) is 33.2 Å². The van der Waals surface area contributed by atoms with Crippen LogP contribution in [0.3, 0.4) is 0 Å². The van der Waals surface area contributed by atoms with E-state index in [1.54, 1.807) is 0 Å². The molecule has 0 unspecified atom stereocenters. The number of allylic oxidation sites excluding steroid dienone is 4. The minimum absolute atomic E-state index is 0.0835. The number of hydrogen-bond donors (Lipinski definition) is 0. The van der Waals surface area contributed by atoms with E-state index >= 15 is 0 Å². The van der Waals surface area contributed by atoms with Crippen molar-refractivity contribution in [3.05, 3.63) is 145 Å². The van der Waals surface area contributed by atoms with Crippen molar-refractivity contribution in [2.45, 2.75) is 58.8 Å². The maximum Gasteiger partial charge on any atom is 0.0412 e. The first-order chi connectivity index (χ1) is 19.4. The molecule has 0 atom stereocenters. The zero-order chi connectivity index (χ0) is 29.1. The van der Waals surface area contributed by atoms with Crippen LogP contribution in [0.5, 0.6) is 0 Å². The number of benzene rings is 4. The van der Waals surface area contributed by atoms with Gasteiger partial charge in [-0.2, -0.15) is 0 Å². The molecular weight excluding hydrogens is 539 g/mol. The average molecular weight is 576 g/mol. The number of fused-ring (bicyclic) bond motifs is 3. The van der Waals surface area contributed by atoms with E-state index in [0.29, 0.717) is 0 Å². The molecule has 4 aromatic rings. The summed E-state index contributed by atoms with van der Waals surface area (Å²) in [6.45, 7) is 13.8. The lowest BCUT2D eigenvalue weighted by Crippen LogP contribution is -2.32. The van der Waals surface area contributed by atoms with Gasteiger partial charge >= 0.3 is 0 Å². The quantitative estimate of drug-likeness (QED) is 0.201. The molecule has 2 heteroatoms. The zero-order valence-electron chi connectivity index (χ0n) is 24.7. The van der Waals surface area contributed by atoms with Gasteiger partial charge in [0, 0.05) is 10.0 Å². The fourth-order valence-electron chi connectivity index (χ4n) is 6.33. The minimum atomic E-state index is -0.134. The van der Waals surface area contributed by atoms with E-state index in [1.807, 2.05) is 24.3 Å². The summed E-state index contributed by atoms with van der Waals surface area (Å²) in [4.78, 5) is 0. The van der Waals surface area contributed by atoms with Crippen molar-refractivity contribution >= 4 is 40.4 Å². The van der Waals surface area contributed by atoms with Crippen LogP contribution in [0.2, 0.25) is 10.0 Å². The van der Waals surface area contributed by atoms with Crippen LogP contribution < -0.4 is 10.4 Å². The Balaban J connectivity index is 1.84. The zero-order valence-corrected chi connectivity index (χ0v) is 26.2. The molecule has 2 aliphatic carbocycles. The van der Waals surface area contributed by atoms with Crippen molar-refractivity contribution in [1.82, 2.24) is 0 Å². The van der Waals surface area contributed by atoms with Crippen LogP contribution in [0.4, 0.5) is 0 Å². The highest BCUT2D eigenvalue weighted by Crippen LogP contribution is 2.38. The van der Waals surface area contributed by atoms with Crippen LogP contribution in [0.15, 0.2) is 91.0 Å². The summed E-state index contributed by atoms with van der Waals surface area (Å²) >= 11 is 13.2. The summed E-state index contributed by atoms with van der Waals surface area (Å²) < 4.78 is 0. The third-order valence-electron chi connectivity index (χ3n) is 8.21. The Kier molecular flexibility index (Phi) is 6.92. The molecule has 0 aromatic heterocycles. The fourth-order valence-corrected chi connectivity index (χ4v) is 6.71. The molecule has 4 aromatic carbocycles. The third kappa shape index (κ3) is 5.14. The first-order valence-corrected chi connectivity index (χ1v) is 15.1. The van der Waals surface area contributed by atoms with Crippen LogP contribution in [-0.4, -0.2) is 0 Å². The highest BCUT2D eigenvalue weighted by molar-refractivity contribution is 6.31. The summed E-state index contributed by atoms with van der Waals surface area (Å²) in [5.41, 5.74) is 12.6. The number of rotatable bonds is 3. The van der Waals surface area contributed by atoms with Crippen molar-refractivity contribution in [1.29, 1.82) is 0 Å². The molecule has 41 heavy (non-hydrogen) atoms. The van der Waals surface area contributed by atoms with Gasteiger partial charge in [-0.05, 0) is 120 Å². The van der Waals surface area contributed by atoms with Crippen molar-refractivity contribution in [2.24, 2.45) is 0 Å². The van der Waals surface area contributed by atoms with Gasteiger partial charge in [0.1, 0.15) is 0 Å². The van der Waals surface area contributed by atoms with Crippen molar-refractivity contribution < 1.29 is 0 Å². The predicted octanol–water partition coefficient (Wildman–Crippen LogP) is 9.99. The van der Waals surface area contributed by atoms with Crippen LogP contribution in [0.25, 0.3) is 28.3 Å². The van der Waals surface area contributed by atoms with Gasteiger partial charge in [-0.1, -0.05) is 125 Å². The van der Waals surface area contributed by atoms with Gasteiger partial charge < -0.3 is 0 Å². The maximum atomic E-state index is 6.61. The van der Waals surface area contributed by atoms with E-state index in [-0.39, 0.29) is 10.8 Å². The molecule has 0 fully saturated rings. The summed E-state index contributed by atoms with van der Waals surface area (Å²) in [6, 6.07) is 25.8. The summed E-state index contributed by atoms with van der Waals surface area (Å²) in [6.07, 6.45) is 10.1. The lowest BCUT2D eigenvalue weighted by Gasteiger charge is -2.27. The van der Waals surface area contributed by atoms with E-state index in [2.05, 4.69) is 114 Å². The Morgan fingerprint density at radius 2 is 1.37 bits per heavy atom. The minimum Gasteiger partial charge on any atom is -0.0843 e. The summed E-state index contributed by atoms with van der Waals surface area (Å²) in [5, 5.41) is 3.99. The molecular formula is C39H36Cl2. The molecule has 0 bridgehead atoms. The predicted molar refractivity (Wildman–Crippen MR) is 178 cm³/mol. The Morgan fingerprint density at radius 3 is 1.90 bits per heavy atom. The van der Waals surface area contributed by atoms with Gasteiger partial charge in [-0.25, -0.2) is 0 Å². The molecule has 0 amide bonds. The number of halogens is 2. The van der Waals surface area contributed by atoms with Crippen LogP contribution in [0.1, 0.15) is 81.3 Å². The first kappa shape index (κ1) is 27.8. The lowest BCUT2D eigenvalue weighted by molar-refractivity contribution is 0.583. The van der Waals surface area contributed by atoms with Gasteiger partial charge in [0.25, 0.3) is 0 Å². The molecule has 2 aliphatic rings. The standard InChI is InChI=1S/C39H36Cl2/c1-38(2,3)28-17-18-31-27(19-28)22-33-32(31)23-34(37(39(4,5)6)36(33)24-11-7-8-12-24)35(25-13-9-15-29(40)20-25)26-14-10-16-30(41)21-26/h7-11,13-23H,12H2,1-6H3. The fraction of sp³-hybridized carbons (Fsp3) is 0.231. The molecule has 0 radical (unpaired) electrons. The van der Waals surface area contributed by atoms with Gasteiger partial charge in [0.2, 0.25) is 0 Å². The second-order valence-corrected chi connectivity index (χ2v) is 14.2. The van der Waals surface area contributed by atoms with E-state index < -0.39 is 0 Å². The Labute approximate surface area is 254 Å². The van der Waals surface area contributed by atoms with Crippen LogP contribution >= 0.6 is 23.2 Å². The Bertz CT molecular complexity index is 1840. The van der Waals surface area contributed by atoms with E-state index in [1.165, 1.54) is 49.4 Å². The highest BCUT2D eigenvalue weighted by Gasteiger charge is 2.29. The second kappa shape index (κ2) is 10.2. The molecule has 0 spiro atoms. The largest absolute Gasteiger partial charge is 0.0843 e. The van der Waals surface area contributed by atoms with E-state index in [9.17, 15) is 0 Å². The summed E-state index contributed by atoms with van der Waals surface area (Å²) in [5.74, 6) is 0. The topological polar surface area (TPSA) is 0 Å².